The summed E-state index contributed by atoms with van der Waals surface area (Å²) < 4.78 is 38.6. The Bertz CT molecular complexity index is 993. The van der Waals surface area contributed by atoms with E-state index in [1.165, 1.54) is 24.3 Å². The van der Waals surface area contributed by atoms with Crippen molar-refractivity contribution in [1.82, 2.24) is 10.2 Å². The van der Waals surface area contributed by atoms with Crippen molar-refractivity contribution in [2.75, 3.05) is 36.8 Å². The second kappa shape index (κ2) is 11.7. The maximum Gasteiger partial charge on any atom is 0.416 e. The molecule has 0 unspecified atom stereocenters. The number of hydrogen-bond donors (Lipinski definition) is 3. The van der Waals surface area contributed by atoms with Crippen molar-refractivity contribution < 1.29 is 27.6 Å². The molecule has 0 aliphatic heterocycles. The number of rotatable bonds is 8. The number of nitrogens with zero attached hydrogens (tertiary/aromatic N) is 1. The van der Waals surface area contributed by atoms with Crippen molar-refractivity contribution in [2.24, 2.45) is 0 Å². The Morgan fingerprint density at radius 1 is 0.939 bits per heavy atom. The number of hydrogen-bond acceptors (Lipinski definition) is 4. The number of carbonyl (C=O) groups is 3. The third-order valence-corrected chi connectivity index (χ3v) is 5.09. The Morgan fingerprint density at radius 3 is 2.15 bits per heavy atom. The number of likely N-dealkylation sites (N-methyl/N-ethyl adjacent to an activating group) is 1. The van der Waals surface area contributed by atoms with E-state index in [1.807, 2.05) is 13.8 Å². The van der Waals surface area contributed by atoms with E-state index in [-0.39, 0.29) is 22.0 Å². The van der Waals surface area contributed by atoms with E-state index in [9.17, 15) is 27.6 Å². The van der Waals surface area contributed by atoms with E-state index in [0.717, 1.165) is 31.3 Å². The molecule has 2 aromatic rings. The summed E-state index contributed by atoms with van der Waals surface area (Å²) in [4.78, 5) is 38.4. The second-order valence-electron chi connectivity index (χ2n) is 6.96. The van der Waals surface area contributed by atoms with Gasteiger partial charge in [0.05, 0.1) is 16.3 Å². The first-order valence-corrected chi connectivity index (χ1v) is 10.5. The molecule has 33 heavy (non-hydrogen) atoms. The summed E-state index contributed by atoms with van der Waals surface area (Å²) in [5.41, 5.74) is -0.747. The molecule has 0 heterocycles. The van der Waals surface area contributed by atoms with Gasteiger partial charge in [-0.05, 0) is 55.6 Å². The van der Waals surface area contributed by atoms with Crippen LogP contribution in [0.3, 0.4) is 0 Å². The Balaban J connectivity index is 1.95. The average Bonchev–Trinajstić information content (AvgIpc) is 2.77. The smallest absolute Gasteiger partial charge is 0.347 e. The lowest BCUT2D eigenvalue weighted by Crippen LogP contribution is -2.40. The normalized spacial score (nSPS) is 11.2. The van der Waals surface area contributed by atoms with E-state index in [2.05, 4.69) is 20.9 Å². The molecule has 0 spiro atoms. The lowest BCUT2D eigenvalue weighted by Gasteiger charge is -2.17. The minimum Gasteiger partial charge on any atom is -0.347 e. The molecule has 0 bridgehead atoms. The van der Waals surface area contributed by atoms with E-state index >= 15 is 0 Å². The molecule has 2 aromatic carbocycles. The first-order valence-electron chi connectivity index (χ1n) is 10.1. The van der Waals surface area contributed by atoms with Crippen LogP contribution < -0.4 is 16.0 Å². The lowest BCUT2D eigenvalue weighted by molar-refractivity contribution is -0.137. The summed E-state index contributed by atoms with van der Waals surface area (Å²) in [5, 5.41) is 7.23. The van der Waals surface area contributed by atoms with Crippen molar-refractivity contribution in [3.63, 3.8) is 0 Å². The minimum atomic E-state index is -4.58. The Morgan fingerprint density at radius 2 is 1.58 bits per heavy atom. The van der Waals surface area contributed by atoms with Gasteiger partial charge in [0, 0.05) is 24.3 Å². The van der Waals surface area contributed by atoms with Crippen molar-refractivity contribution in [1.29, 1.82) is 0 Å². The first kappa shape index (κ1) is 26.1. The predicted molar refractivity (Wildman–Crippen MR) is 120 cm³/mol. The van der Waals surface area contributed by atoms with E-state index < -0.39 is 29.5 Å². The third kappa shape index (κ3) is 7.76. The molecule has 3 N–H and O–H groups in total. The van der Waals surface area contributed by atoms with Crippen LogP contribution >= 0.6 is 11.6 Å². The Kier molecular flexibility index (Phi) is 9.24. The number of anilines is 2. The minimum absolute atomic E-state index is 0.0489. The van der Waals surface area contributed by atoms with Crippen LogP contribution in [-0.4, -0.2) is 48.8 Å². The highest BCUT2D eigenvalue weighted by atomic mass is 35.5. The summed E-state index contributed by atoms with van der Waals surface area (Å²) in [5.74, 6) is -2.34. The van der Waals surface area contributed by atoms with Gasteiger partial charge in [-0.1, -0.05) is 25.4 Å². The zero-order chi connectivity index (χ0) is 24.6. The quantitative estimate of drug-likeness (QED) is 0.494. The second-order valence-corrected chi connectivity index (χ2v) is 7.37. The van der Waals surface area contributed by atoms with Crippen molar-refractivity contribution >= 4 is 40.7 Å². The van der Waals surface area contributed by atoms with Crippen LogP contribution in [0.25, 0.3) is 0 Å². The van der Waals surface area contributed by atoms with Crippen molar-refractivity contribution in [3.8, 4) is 0 Å². The molecular weight excluding hydrogens is 461 g/mol. The summed E-state index contributed by atoms with van der Waals surface area (Å²) in [7, 11) is 0. The zero-order valence-corrected chi connectivity index (χ0v) is 18.8. The van der Waals surface area contributed by atoms with Gasteiger partial charge in [0.2, 0.25) is 0 Å². The molecule has 0 radical (unpaired) electrons. The van der Waals surface area contributed by atoms with E-state index in [1.54, 1.807) is 0 Å². The van der Waals surface area contributed by atoms with Crippen LogP contribution in [0.4, 0.5) is 24.5 Å². The molecule has 2 rings (SSSR count). The molecule has 0 fully saturated rings. The zero-order valence-electron chi connectivity index (χ0n) is 18.1. The Labute approximate surface area is 194 Å². The van der Waals surface area contributed by atoms with Crippen molar-refractivity contribution in [3.05, 3.63) is 58.6 Å². The first-order chi connectivity index (χ1) is 15.5. The van der Waals surface area contributed by atoms with Crippen LogP contribution in [0, 0.1) is 0 Å². The molecule has 11 heteroatoms. The van der Waals surface area contributed by atoms with Crippen LogP contribution in [-0.2, 0) is 15.8 Å². The largest absolute Gasteiger partial charge is 0.416 e. The molecular formula is C22H24ClF3N4O3. The van der Waals surface area contributed by atoms with E-state index in [0.29, 0.717) is 13.1 Å². The third-order valence-electron chi connectivity index (χ3n) is 4.76. The summed E-state index contributed by atoms with van der Waals surface area (Å²) >= 11 is 5.89. The molecule has 0 aliphatic carbocycles. The number of benzene rings is 2. The molecule has 0 saturated heterocycles. The van der Waals surface area contributed by atoms with Gasteiger partial charge >= 0.3 is 18.0 Å². The number of nitrogens with one attached hydrogen (secondary N) is 3. The average molecular weight is 485 g/mol. The van der Waals surface area contributed by atoms with Gasteiger partial charge in [-0.15, -0.1) is 0 Å². The fourth-order valence-electron chi connectivity index (χ4n) is 2.83. The number of alkyl halides is 3. The van der Waals surface area contributed by atoms with Gasteiger partial charge in [0.15, 0.2) is 0 Å². The highest BCUT2D eigenvalue weighted by Crippen LogP contribution is 2.34. The van der Waals surface area contributed by atoms with Crippen LogP contribution in [0.15, 0.2) is 42.5 Å². The fourth-order valence-corrected chi connectivity index (χ4v) is 3.00. The molecule has 0 aliphatic rings. The van der Waals surface area contributed by atoms with Gasteiger partial charge in [0.25, 0.3) is 5.91 Å². The van der Waals surface area contributed by atoms with Crippen LogP contribution in [0.2, 0.25) is 5.02 Å². The van der Waals surface area contributed by atoms with Gasteiger partial charge in [-0.25, -0.2) is 0 Å². The van der Waals surface area contributed by atoms with Gasteiger partial charge in [0.1, 0.15) is 0 Å². The van der Waals surface area contributed by atoms with Crippen LogP contribution in [0.5, 0.6) is 0 Å². The SMILES string of the molecule is CCN(CC)CCNC(=O)C(=O)Nc1ccc(C(=O)Nc2cc(C(F)(F)F)ccc2Cl)cc1. The molecule has 3 amide bonds. The highest BCUT2D eigenvalue weighted by Gasteiger charge is 2.31. The lowest BCUT2D eigenvalue weighted by atomic mass is 10.1. The van der Waals surface area contributed by atoms with E-state index in [4.69, 9.17) is 11.6 Å². The summed E-state index contributed by atoms with van der Waals surface area (Å²) in [6.45, 7) is 6.60. The number of halogens is 4. The fraction of sp³-hybridized carbons (Fsp3) is 0.318. The van der Waals surface area contributed by atoms with Gasteiger partial charge in [-0.2, -0.15) is 13.2 Å². The van der Waals surface area contributed by atoms with Crippen LogP contribution in [0.1, 0.15) is 29.8 Å². The highest BCUT2D eigenvalue weighted by molar-refractivity contribution is 6.39. The van der Waals surface area contributed by atoms with Gasteiger partial charge < -0.3 is 20.9 Å². The topological polar surface area (TPSA) is 90.5 Å². The molecule has 0 saturated carbocycles. The Hall–Kier alpha value is -3.11. The standard InChI is InChI=1S/C22H24ClF3N4O3/c1-3-30(4-2)12-11-27-20(32)21(33)28-16-8-5-14(6-9-16)19(31)29-18-13-15(22(24,25)26)7-10-17(18)23/h5-10,13H,3-4,11-12H2,1-2H3,(H,27,32)(H,28,33)(H,29,31). The maximum atomic E-state index is 12.9. The van der Waals surface area contributed by atoms with Crippen molar-refractivity contribution in [2.45, 2.75) is 20.0 Å². The summed E-state index contributed by atoms with van der Waals surface area (Å²) in [6.07, 6.45) is -4.58. The maximum absolute atomic E-state index is 12.9. The number of carbonyl (C=O) groups excluding carboxylic acids is 3. The molecule has 0 aromatic heterocycles. The molecule has 7 nitrogen and oxygen atoms in total. The van der Waals surface area contributed by atoms with Gasteiger partial charge in [-0.3, -0.25) is 14.4 Å². The molecule has 0 atom stereocenters. The molecule has 178 valence electrons. The number of amides is 3. The monoisotopic (exact) mass is 484 g/mol. The predicted octanol–water partition coefficient (Wildman–Crippen LogP) is 4.01. The summed E-state index contributed by atoms with van der Waals surface area (Å²) in [6, 6.07) is 8.09.